The third-order valence-electron chi connectivity index (χ3n) is 3.39. The van der Waals surface area contributed by atoms with Crippen molar-refractivity contribution in [2.24, 2.45) is 0 Å². The number of carbonyl (C=O) groups excluding carboxylic acids is 1. The van der Waals surface area contributed by atoms with Crippen LogP contribution in [0.25, 0.3) is 22.2 Å². The van der Waals surface area contributed by atoms with E-state index in [0.29, 0.717) is 17.6 Å². The first kappa shape index (κ1) is 15.5. The number of rotatable bonds is 4. The van der Waals surface area contributed by atoms with Gasteiger partial charge in [-0.15, -0.1) is 0 Å². The molecule has 24 heavy (non-hydrogen) atoms. The molecule has 7 heteroatoms. The third kappa shape index (κ3) is 3.05. The summed E-state index contributed by atoms with van der Waals surface area (Å²) in [5.41, 5.74) is 2.04. The minimum absolute atomic E-state index is 0.0113. The van der Waals surface area contributed by atoms with Crippen LogP contribution in [0.3, 0.4) is 0 Å². The summed E-state index contributed by atoms with van der Waals surface area (Å²) in [4.78, 5) is 27.3. The Balaban J connectivity index is 2.08. The molecule has 3 N–H and O–H groups in total. The SMILES string of the molecule is CCNC(=O)Nc1nc2cc(-c3ccccc3)cc(C(=O)O)c2o1. The summed E-state index contributed by atoms with van der Waals surface area (Å²) in [6.07, 6.45) is 0. The normalized spacial score (nSPS) is 10.5. The Bertz CT molecular complexity index is 903. The van der Waals surface area contributed by atoms with Gasteiger partial charge in [-0.05, 0) is 30.2 Å². The van der Waals surface area contributed by atoms with Gasteiger partial charge in [0.25, 0.3) is 0 Å². The number of amides is 2. The van der Waals surface area contributed by atoms with Gasteiger partial charge >= 0.3 is 18.0 Å². The van der Waals surface area contributed by atoms with Crippen molar-refractivity contribution in [2.75, 3.05) is 11.9 Å². The second-order valence-electron chi connectivity index (χ2n) is 5.05. The van der Waals surface area contributed by atoms with Gasteiger partial charge in [-0.1, -0.05) is 30.3 Å². The topological polar surface area (TPSA) is 104 Å². The van der Waals surface area contributed by atoms with E-state index in [0.717, 1.165) is 5.56 Å². The first-order valence-corrected chi connectivity index (χ1v) is 7.36. The van der Waals surface area contributed by atoms with Crippen LogP contribution < -0.4 is 10.6 Å². The number of benzene rings is 2. The van der Waals surface area contributed by atoms with Gasteiger partial charge in [-0.3, -0.25) is 5.32 Å². The zero-order valence-electron chi connectivity index (χ0n) is 12.9. The molecule has 3 rings (SSSR count). The summed E-state index contributed by atoms with van der Waals surface area (Å²) < 4.78 is 5.40. The summed E-state index contributed by atoms with van der Waals surface area (Å²) in [6, 6.07) is 12.1. The van der Waals surface area contributed by atoms with Crippen LogP contribution >= 0.6 is 0 Å². The molecule has 0 bridgehead atoms. The van der Waals surface area contributed by atoms with E-state index in [1.54, 1.807) is 13.0 Å². The van der Waals surface area contributed by atoms with E-state index in [2.05, 4.69) is 15.6 Å². The highest BCUT2D eigenvalue weighted by Crippen LogP contribution is 2.29. The molecule has 1 heterocycles. The van der Waals surface area contributed by atoms with E-state index >= 15 is 0 Å². The molecule has 0 aliphatic rings. The number of nitrogens with one attached hydrogen (secondary N) is 2. The van der Waals surface area contributed by atoms with Gasteiger partial charge in [0.2, 0.25) is 0 Å². The molecule has 0 atom stereocenters. The molecular formula is C17H15N3O4. The first-order chi connectivity index (χ1) is 11.6. The van der Waals surface area contributed by atoms with Crippen molar-refractivity contribution < 1.29 is 19.1 Å². The van der Waals surface area contributed by atoms with Crippen molar-refractivity contribution in [1.29, 1.82) is 0 Å². The number of urea groups is 1. The van der Waals surface area contributed by atoms with Gasteiger partial charge < -0.3 is 14.8 Å². The molecule has 2 amide bonds. The van der Waals surface area contributed by atoms with E-state index < -0.39 is 12.0 Å². The minimum atomic E-state index is -1.13. The van der Waals surface area contributed by atoms with E-state index in [-0.39, 0.29) is 17.2 Å². The highest BCUT2D eigenvalue weighted by molar-refractivity contribution is 6.03. The maximum atomic E-state index is 11.6. The molecule has 2 aromatic carbocycles. The first-order valence-electron chi connectivity index (χ1n) is 7.36. The number of hydrogen-bond donors (Lipinski definition) is 3. The molecule has 0 unspecified atom stereocenters. The Morgan fingerprint density at radius 2 is 1.92 bits per heavy atom. The second-order valence-corrected chi connectivity index (χ2v) is 5.05. The third-order valence-corrected chi connectivity index (χ3v) is 3.39. The zero-order valence-corrected chi connectivity index (χ0v) is 12.9. The van der Waals surface area contributed by atoms with Crippen LogP contribution in [-0.2, 0) is 0 Å². The lowest BCUT2D eigenvalue weighted by Crippen LogP contribution is -2.28. The standard InChI is InChI=1S/C17H15N3O4/c1-2-18-16(23)20-17-19-13-9-11(10-6-4-3-5-7-10)8-12(15(21)22)14(13)24-17/h3-9H,2H2,1H3,(H,21,22)(H2,18,19,20,23). The molecule has 0 aliphatic carbocycles. The number of nitrogens with zero attached hydrogens (tertiary/aromatic N) is 1. The zero-order chi connectivity index (χ0) is 17.1. The highest BCUT2D eigenvalue weighted by atomic mass is 16.4. The molecule has 3 aromatic rings. The number of carboxylic acid groups (broad SMARTS) is 1. The van der Waals surface area contributed by atoms with Crippen LogP contribution in [0.1, 0.15) is 17.3 Å². The van der Waals surface area contributed by atoms with Crippen LogP contribution in [0.5, 0.6) is 0 Å². The Labute approximate surface area is 137 Å². The number of aromatic nitrogens is 1. The van der Waals surface area contributed by atoms with Crippen LogP contribution in [0, 0.1) is 0 Å². The summed E-state index contributed by atoms with van der Waals surface area (Å²) in [5, 5.41) is 14.4. The van der Waals surface area contributed by atoms with Crippen molar-refractivity contribution >= 4 is 29.1 Å². The maximum Gasteiger partial charge on any atom is 0.339 e. The second kappa shape index (κ2) is 6.41. The van der Waals surface area contributed by atoms with Gasteiger partial charge in [-0.25, -0.2) is 9.59 Å². The van der Waals surface area contributed by atoms with E-state index in [4.69, 9.17) is 4.42 Å². The van der Waals surface area contributed by atoms with E-state index in [1.165, 1.54) is 6.07 Å². The van der Waals surface area contributed by atoms with Gasteiger partial charge in [-0.2, -0.15) is 4.98 Å². The predicted octanol–water partition coefficient (Wildman–Crippen LogP) is 3.33. The average molecular weight is 325 g/mol. The van der Waals surface area contributed by atoms with E-state index in [9.17, 15) is 14.7 Å². The van der Waals surface area contributed by atoms with Gasteiger partial charge in [0, 0.05) is 6.54 Å². The molecular weight excluding hydrogens is 310 g/mol. The smallest absolute Gasteiger partial charge is 0.339 e. The molecule has 0 spiro atoms. The van der Waals surface area contributed by atoms with Gasteiger partial charge in [0.1, 0.15) is 11.1 Å². The molecule has 1 aromatic heterocycles. The summed E-state index contributed by atoms with van der Waals surface area (Å²) in [5.74, 6) is -1.13. The molecule has 122 valence electrons. The molecule has 0 radical (unpaired) electrons. The fourth-order valence-electron chi connectivity index (χ4n) is 2.34. The number of fused-ring (bicyclic) bond motifs is 1. The molecule has 7 nitrogen and oxygen atoms in total. The molecule has 0 saturated carbocycles. The fourth-order valence-corrected chi connectivity index (χ4v) is 2.34. The maximum absolute atomic E-state index is 11.6. The van der Waals surface area contributed by atoms with Crippen LogP contribution in [0.2, 0.25) is 0 Å². The number of carboxylic acids is 1. The lowest BCUT2D eigenvalue weighted by atomic mass is 10.0. The Hall–Kier alpha value is -3.35. The molecule has 0 fully saturated rings. The quantitative estimate of drug-likeness (QED) is 0.682. The predicted molar refractivity (Wildman–Crippen MR) is 89.1 cm³/mol. The number of hydrogen-bond acceptors (Lipinski definition) is 4. The van der Waals surface area contributed by atoms with Crippen molar-refractivity contribution in [3.05, 3.63) is 48.0 Å². The summed E-state index contributed by atoms with van der Waals surface area (Å²) in [7, 11) is 0. The van der Waals surface area contributed by atoms with Crippen LogP contribution in [0.15, 0.2) is 46.9 Å². The Morgan fingerprint density at radius 3 is 2.58 bits per heavy atom. The van der Waals surface area contributed by atoms with Crippen molar-refractivity contribution in [2.45, 2.75) is 6.92 Å². The van der Waals surface area contributed by atoms with Crippen LogP contribution in [-0.4, -0.2) is 28.6 Å². The summed E-state index contributed by atoms with van der Waals surface area (Å²) >= 11 is 0. The number of aromatic carboxylic acids is 1. The minimum Gasteiger partial charge on any atom is -0.478 e. The van der Waals surface area contributed by atoms with E-state index in [1.807, 2.05) is 30.3 Å². The Morgan fingerprint density at radius 1 is 1.17 bits per heavy atom. The molecule has 0 aliphatic heterocycles. The fraction of sp³-hybridized carbons (Fsp3) is 0.118. The van der Waals surface area contributed by atoms with Gasteiger partial charge in [0.05, 0.1) is 0 Å². The van der Waals surface area contributed by atoms with Crippen molar-refractivity contribution in [1.82, 2.24) is 10.3 Å². The highest BCUT2D eigenvalue weighted by Gasteiger charge is 2.18. The number of carbonyl (C=O) groups is 2. The largest absolute Gasteiger partial charge is 0.478 e. The summed E-state index contributed by atoms with van der Waals surface area (Å²) in [6.45, 7) is 2.23. The average Bonchev–Trinajstić information content (AvgIpc) is 2.96. The van der Waals surface area contributed by atoms with Crippen LogP contribution in [0.4, 0.5) is 10.8 Å². The number of anilines is 1. The Kier molecular flexibility index (Phi) is 4.15. The lowest BCUT2D eigenvalue weighted by Gasteiger charge is -2.03. The van der Waals surface area contributed by atoms with Crippen molar-refractivity contribution in [3.63, 3.8) is 0 Å². The number of oxazole rings is 1. The lowest BCUT2D eigenvalue weighted by molar-refractivity contribution is 0.0698. The molecule has 0 saturated heterocycles. The monoisotopic (exact) mass is 325 g/mol. The van der Waals surface area contributed by atoms with Gasteiger partial charge in [0.15, 0.2) is 5.58 Å². The van der Waals surface area contributed by atoms with Crippen molar-refractivity contribution in [3.8, 4) is 11.1 Å².